The smallest absolute Gasteiger partial charge is 0.189 e. The van der Waals surface area contributed by atoms with Crippen LogP contribution in [0, 0.1) is 5.41 Å². The quantitative estimate of drug-likeness (QED) is 0.269. The first kappa shape index (κ1) is 23.1. The Kier molecular flexibility index (Phi) is 6.16. The van der Waals surface area contributed by atoms with E-state index in [2.05, 4.69) is 20.4 Å². The molecule has 9 nitrogen and oxygen atoms in total. The van der Waals surface area contributed by atoms with E-state index in [1.807, 2.05) is 24.3 Å². The molecule has 0 aliphatic rings. The molecule has 34 heavy (non-hydrogen) atoms. The van der Waals surface area contributed by atoms with Crippen LogP contribution in [-0.2, 0) is 9.84 Å². The van der Waals surface area contributed by atoms with Crippen molar-refractivity contribution < 1.29 is 12.9 Å². The summed E-state index contributed by atoms with van der Waals surface area (Å²) in [6.07, 6.45) is 1.53. The maximum atomic E-state index is 12.4. The first-order valence-electron chi connectivity index (χ1n) is 10.5. The van der Waals surface area contributed by atoms with E-state index in [9.17, 15) is 8.42 Å². The van der Waals surface area contributed by atoms with Crippen LogP contribution in [0.3, 0.4) is 0 Å². The van der Waals surface area contributed by atoms with Crippen molar-refractivity contribution in [2.45, 2.75) is 30.9 Å². The number of rotatable bonds is 6. The molecule has 2 aromatic heterocycles. The molecule has 0 bridgehead atoms. The van der Waals surface area contributed by atoms with Gasteiger partial charge in [0, 0.05) is 22.9 Å². The molecule has 4 N–H and O–H groups in total. The number of nitrogens with two attached hydrogens (primary N) is 1. The third-order valence-electron chi connectivity index (χ3n) is 5.16. The van der Waals surface area contributed by atoms with Crippen molar-refractivity contribution in [1.29, 1.82) is 5.41 Å². The molecule has 0 aliphatic carbocycles. The number of nitrogens with zero attached hydrogens (tertiary/aromatic N) is 3. The van der Waals surface area contributed by atoms with Crippen molar-refractivity contribution in [1.82, 2.24) is 15.1 Å². The first-order chi connectivity index (χ1) is 16.1. The lowest BCUT2D eigenvalue weighted by Gasteiger charge is -2.09. The number of aromatic nitrogens is 3. The lowest BCUT2D eigenvalue weighted by atomic mass is 10.1. The van der Waals surface area contributed by atoms with Gasteiger partial charge in [-0.2, -0.15) is 0 Å². The van der Waals surface area contributed by atoms with Gasteiger partial charge in [0.1, 0.15) is 5.69 Å². The fourth-order valence-electron chi connectivity index (χ4n) is 3.27. The van der Waals surface area contributed by atoms with E-state index < -0.39 is 15.1 Å². The molecule has 4 aromatic rings. The number of anilines is 2. The van der Waals surface area contributed by atoms with Crippen LogP contribution in [0.4, 0.5) is 11.5 Å². The Hall–Kier alpha value is -4.05. The average Bonchev–Trinajstić information content (AvgIpc) is 3.29. The van der Waals surface area contributed by atoms with E-state index in [-0.39, 0.29) is 10.7 Å². The minimum atomic E-state index is -3.36. The van der Waals surface area contributed by atoms with Crippen LogP contribution in [0.15, 0.2) is 70.2 Å². The lowest BCUT2D eigenvalue weighted by Crippen LogP contribution is -2.13. The van der Waals surface area contributed by atoms with E-state index >= 15 is 0 Å². The first-order valence-corrected chi connectivity index (χ1v) is 12.1. The summed E-state index contributed by atoms with van der Waals surface area (Å²) >= 11 is 0. The van der Waals surface area contributed by atoms with Gasteiger partial charge in [0.15, 0.2) is 27.1 Å². The normalized spacial score (nSPS) is 11.5. The van der Waals surface area contributed by atoms with Crippen LogP contribution in [0.1, 0.15) is 20.8 Å². The summed E-state index contributed by atoms with van der Waals surface area (Å²) in [6, 6.07) is 15.7. The van der Waals surface area contributed by atoms with Crippen LogP contribution in [-0.4, -0.2) is 34.6 Å². The maximum Gasteiger partial charge on any atom is 0.189 e. The highest BCUT2D eigenvalue weighted by atomic mass is 32.2. The van der Waals surface area contributed by atoms with E-state index in [0.29, 0.717) is 34.2 Å². The van der Waals surface area contributed by atoms with Gasteiger partial charge in [0.05, 0.1) is 27.9 Å². The predicted molar refractivity (Wildman–Crippen MR) is 132 cm³/mol. The molecule has 0 aliphatic heterocycles. The summed E-state index contributed by atoms with van der Waals surface area (Å²) in [5.74, 6) is 0.895. The summed E-state index contributed by atoms with van der Waals surface area (Å²) in [5, 5.41) is 14.1. The van der Waals surface area contributed by atoms with Crippen LogP contribution in [0.2, 0.25) is 0 Å². The van der Waals surface area contributed by atoms with Gasteiger partial charge in [0.2, 0.25) is 0 Å². The van der Waals surface area contributed by atoms with Crippen LogP contribution in [0.5, 0.6) is 0 Å². The Morgan fingerprint density at radius 1 is 1.03 bits per heavy atom. The molecule has 174 valence electrons. The van der Waals surface area contributed by atoms with Gasteiger partial charge in [-0.1, -0.05) is 29.4 Å². The topological polar surface area (TPSA) is 148 Å². The Bertz CT molecular complexity index is 1440. The standard InChI is InChI=1S/C24H24N6O3S/c1-14(2)34(31,32)19-10-6-17(7-11-19)21-13-27-24(26)23(29-21)22-12-20(30-33-22)16-4-8-18(9-5-16)28-15(3)25/h4-14H,1-3H3,(H2,25,28)(H2,26,27). The van der Waals surface area contributed by atoms with Crippen LogP contribution < -0.4 is 11.1 Å². The Balaban J connectivity index is 1.62. The second kappa shape index (κ2) is 9.06. The van der Waals surface area contributed by atoms with Crippen molar-refractivity contribution in [2.24, 2.45) is 0 Å². The zero-order valence-electron chi connectivity index (χ0n) is 18.9. The number of sulfone groups is 1. The van der Waals surface area contributed by atoms with Crippen molar-refractivity contribution in [3.63, 3.8) is 0 Å². The zero-order chi connectivity index (χ0) is 24.5. The molecule has 0 saturated heterocycles. The van der Waals surface area contributed by atoms with Crippen molar-refractivity contribution in [2.75, 3.05) is 11.1 Å². The number of amidine groups is 1. The SMILES string of the molecule is CC(=N)Nc1ccc(-c2cc(-c3nc(-c4ccc(S(=O)(=O)C(C)C)cc4)cnc3N)on2)cc1. The summed E-state index contributed by atoms with van der Waals surface area (Å²) < 4.78 is 30.2. The predicted octanol–water partition coefficient (Wildman–Crippen LogP) is 4.64. The van der Waals surface area contributed by atoms with Crippen LogP contribution in [0.25, 0.3) is 34.0 Å². The molecule has 2 heterocycles. The van der Waals surface area contributed by atoms with Gasteiger partial charge in [-0.15, -0.1) is 0 Å². The highest BCUT2D eigenvalue weighted by Crippen LogP contribution is 2.30. The zero-order valence-corrected chi connectivity index (χ0v) is 19.7. The van der Waals surface area contributed by atoms with E-state index in [4.69, 9.17) is 15.7 Å². The van der Waals surface area contributed by atoms with Gasteiger partial charge in [-0.3, -0.25) is 5.41 Å². The van der Waals surface area contributed by atoms with E-state index in [0.717, 1.165) is 11.3 Å². The second-order valence-corrected chi connectivity index (χ2v) is 10.5. The van der Waals surface area contributed by atoms with E-state index in [1.54, 1.807) is 51.1 Å². The summed E-state index contributed by atoms with van der Waals surface area (Å²) in [4.78, 5) is 9.08. The average molecular weight is 477 g/mol. The van der Waals surface area contributed by atoms with Gasteiger partial charge in [-0.05, 0) is 45.0 Å². The fraction of sp³-hybridized carbons (Fsp3) is 0.167. The molecule has 0 spiro atoms. The number of hydrogen-bond donors (Lipinski definition) is 3. The fourth-order valence-corrected chi connectivity index (χ4v) is 4.33. The monoisotopic (exact) mass is 476 g/mol. The van der Waals surface area contributed by atoms with Crippen molar-refractivity contribution >= 4 is 27.2 Å². The third kappa shape index (κ3) is 4.67. The number of nitrogen functional groups attached to an aromatic ring is 1. The minimum Gasteiger partial charge on any atom is -0.382 e. The molecule has 0 radical (unpaired) electrons. The van der Waals surface area contributed by atoms with Gasteiger partial charge >= 0.3 is 0 Å². The summed E-state index contributed by atoms with van der Waals surface area (Å²) in [7, 11) is -3.36. The largest absolute Gasteiger partial charge is 0.382 e. The maximum absolute atomic E-state index is 12.4. The Labute approximate surface area is 197 Å². The highest BCUT2D eigenvalue weighted by molar-refractivity contribution is 7.92. The molecule has 2 aromatic carbocycles. The molecule has 0 amide bonds. The lowest BCUT2D eigenvalue weighted by molar-refractivity contribution is 0.434. The molecule has 0 saturated carbocycles. The summed E-state index contributed by atoms with van der Waals surface area (Å²) in [5.41, 5.74) is 9.84. The molecule has 10 heteroatoms. The van der Waals surface area contributed by atoms with Crippen molar-refractivity contribution in [3.8, 4) is 34.0 Å². The second-order valence-electron chi connectivity index (χ2n) is 8.01. The molecule has 0 atom stereocenters. The summed E-state index contributed by atoms with van der Waals surface area (Å²) in [6.45, 7) is 4.96. The minimum absolute atomic E-state index is 0.187. The number of hydrogen-bond acceptors (Lipinski definition) is 8. The molecule has 0 fully saturated rings. The molecule has 0 unspecified atom stereocenters. The Morgan fingerprint density at radius 2 is 1.65 bits per heavy atom. The molecule has 4 rings (SSSR count). The van der Waals surface area contributed by atoms with Gasteiger partial charge in [0.25, 0.3) is 0 Å². The van der Waals surface area contributed by atoms with Crippen molar-refractivity contribution in [3.05, 3.63) is 60.8 Å². The number of benzene rings is 2. The number of nitrogens with one attached hydrogen (secondary N) is 2. The van der Waals surface area contributed by atoms with Gasteiger partial charge in [-0.25, -0.2) is 18.4 Å². The van der Waals surface area contributed by atoms with Gasteiger partial charge < -0.3 is 15.6 Å². The van der Waals surface area contributed by atoms with Crippen LogP contribution >= 0.6 is 0 Å². The third-order valence-corrected chi connectivity index (χ3v) is 7.33. The highest BCUT2D eigenvalue weighted by Gasteiger charge is 2.20. The van der Waals surface area contributed by atoms with E-state index in [1.165, 1.54) is 6.20 Å². The Morgan fingerprint density at radius 3 is 2.26 bits per heavy atom. The molecular weight excluding hydrogens is 452 g/mol. The molecular formula is C24H24N6O3S.